The number of benzene rings is 1. The van der Waals surface area contributed by atoms with Crippen molar-refractivity contribution in [3.05, 3.63) is 57.9 Å². The SMILES string of the molecule is CC(C)CC(=Cc1ccc2ncccc2c1)[N+](=O)[O-]. The van der Waals surface area contributed by atoms with Crippen molar-refractivity contribution in [1.82, 2.24) is 4.98 Å². The first-order valence-electron chi connectivity index (χ1n) is 6.26. The number of aromatic nitrogens is 1. The Balaban J connectivity index is 2.39. The monoisotopic (exact) mass is 256 g/mol. The molecule has 0 radical (unpaired) electrons. The van der Waals surface area contributed by atoms with Crippen LogP contribution in [0.5, 0.6) is 0 Å². The predicted molar refractivity (Wildman–Crippen MR) is 76.2 cm³/mol. The number of hydrogen-bond acceptors (Lipinski definition) is 3. The molecule has 0 unspecified atom stereocenters. The zero-order chi connectivity index (χ0) is 13.8. The Hall–Kier alpha value is -2.23. The Kier molecular flexibility index (Phi) is 3.90. The zero-order valence-corrected chi connectivity index (χ0v) is 11.0. The fourth-order valence-corrected chi connectivity index (χ4v) is 1.98. The van der Waals surface area contributed by atoms with Crippen molar-refractivity contribution in [3.63, 3.8) is 0 Å². The minimum absolute atomic E-state index is 0.248. The zero-order valence-electron chi connectivity index (χ0n) is 11.0. The molecule has 0 amide bonds. The van der Waals surface area contributed by atoms with Crippen LogP contribution in [0.1, 0.15) is 25.8 Å². The second-order valence-corrected chi connectivity index (χ2v) is 4.95. The molecule has 0 aliphatic heterocycles. The lowest BCUT2D eigenvalue weighted by atomic mass is 10.0. The summed E-state index contributed by atoms with van der Waals surface area (Å²) in [4.78, 5) is 15.0. The molecule has 0 aliphatic carbocycles. The maximum Gasteiger partial charge on any atom is 0.247 e. The third-order valence-electron chi connectivity index (χ3n) is 2.81. The molecule has 2 aromatic rings. The highest BCUT2D eigenvalue weighted by molar-refractivity contribution is 5.81. The molecule has 0 saturated carbocycles. The smallest absolute Gasteiger partial charge is 0.247 e. The van der Waals surface area contributed by atoms with E-state index in [1.165, 1.54) is 0 Å². The number of nitrogens with zero attached hydrogens (tertiary/aromatic N) is 2. The summed E-state index contributed by atoms with van der Waals surface area (Å²) in [7, 11) is 0. The Morgan fingerprint density at radius 2 is 2.21 bits per heavy atom. The summed E-state index contributed by atoms with van der Waals surface area (Å²) in [5.74, 6) is 0.263. The Labute approximate surface area is 111 Å². The van der Waals surface area contributed by atoms with Crippen molar-refractivity contribution in [3.8, 4) is 0 Å². The van der Waals surface area contributed by atoms with E-state index in [1.807, 2.05) is 44.2 Å². The van der Waals surface area contributed by atoms with Crippen LogP contribution in [0.25, 0.3) is 17.0 Å². The van der Waals surface area contributed by atoms with Gasteiger partial charge in [0, 0.05) is 24.1 Å². The maximum atomic E-state index is 11.0. The van der Waals surface area contributed by atoms with E-state index in [0.717, 1.165) is 16.5 Å². The first-order valence-corrected chi connectivity index (χ1v) is 6.26. The van der Waals surface area contributed by atoms with Crippen LogP contribution in [0.4, 0.5) is 0 Å². The average Bonchev–Trinajstić information content (AvgIpc) is 2.37. The van der Waals surface area contributed by atoms with Gasteiger partial charge >= 0.3 is 0 Å². The first kappa shape index (κ1) is 13.2. The molecule has 0 spiro atoms. The van der Waals surface area contributed by atoms with Crippen LogP contribution in [0.2, 0.25) is 0 Å². The van der Waals surface area contributed by atoms with Gasteiger partial charge in [0.05, 0.1) is 10.4 Å². The van der Waals surface area contributed by atoms with Gasteiger partial charge < -0.3 is 0 Å². The topological polar surface area (TPSA) is 56.0 Å². The van der Waals surface area contributed by atoms with E-state index >= 15 is 0 Å². The van der Waals surface area contributed by atoms with Crippen molar-refractivity contribution < 1.29 is 4.92 Å². The molecule has 1 aromatic heterocycles. The lowest BCUT2D eigenvalue weighted by Gasteiger charge is -2.03. The summed E-state index contributed by atoms with van der Waals surface area (Å²) in [5, 5.41) is 12.0. The molecule has 0 fully saturated rings. The highest BCUT2D eigenvalue weighted by Gasteiger charge is 2.12. The molecule has 4 nitrogen and oxygen atoms in total. The van der Waals surface area contributed by atoms with Gasteiger partial charge in [-0.15, -0.1) is 0 Å². The minimum atomic E-state index is -0.298. The van der Waals surface area contributed by atoms with Gasteiger partial charge in [0.1, 0.15) is 0 Å². The predicted octanol–water partition coefficient (Wildman–Crippen LogP) is 3.90. The number of rotatable bonds is 4. The lowest BCUT2D eigenvalue weighted by Crippen LogP contribution is -2.02. The first-order chi connectivity index (χ1) is 9.06. The lowest BCUT2D eigenvalue weighted by molar-refractivity contribution is -0.427. The molecular weight excluding hydrogens is 240 g/mol. The number of nitro groups is 1. The third-order valence-corrected chi connectivity index (χ3v) is 2.81. The summed E-state index contributed by atoms with van der Waals surface area (Å²) in [6, 6.07) is 9.48. The van der Waals surface area contributed by atoms with E-state index in [9.17, 15) is 10.1 Å². The number of pyridine rings is 1. The standard InChI is InChI=1S/C15H16N2O2/c1-11(2)8-14(17(18)19)10-12-5-6-15-13(9-12)4-3-7-16-15/h3-7,9-11H,8H2,1-2H3. The van der Waals surface area contributed by atoms with Crippen LogP contribution >= 0.6 is 0 Å². The van der Waals surface area contributed by atoms with Crippen LogP contribution in [0.3, 0.4) is 0 Å². The maximum absolute atomic E-state index is 11.0. The van der Waals surface area contributed by atoms with Gasteiger partial charge in [0.25, 0.3) is 0 Å². The van der Waals surface area contributed by atoms with Crippen molar-refractivity contribution in [1.29, 1.82) is 0 Å². The molecule has 98 valence electrons. The van der Waals surface area contributed by atoms with Gasteiger partial charge in [0.15, 0.2) is 0 Å². The number of fused-ring (bicyclic) bond motifs is 1. The largest absolute Gasteiger partial charge is 0.259 e. The normalized spacial score (nSPS) is 12.1. The molecule has 1 heterocycles. The van der Waals surface area contributed by atoms with Gasteiger partial charge in [0.2, 0.25) is 5.70 Å². The molecular formula is C15H16N2O2. The second-order valence-electron chi connectivity index (χ2n) is 4.95. The van der Waals surface area contributed by atoms with E-state index < -0.39 is 0 Å². The van der Waals surface area contributed by atoms with Crippen LogP contribution in [-0.2, 0) is 0 Å². The molecule has 1 aromatic carbocycles. The van der Waals surface area contributed by atoms with Crippen LogP contribution < -0.4 is 0 Å². The van der Waals surface area contributed by atoms with E-state index in [4.69, 9.17) is 0 Å². The molecule has 0 N–H and O–H groups in total. The highest BCUT2D eigenvalue weighted by Crippen LogP contribution is 2.19. The minimum Gasteiger partial charge on any atom is -0.259 e. The number of allylic oxidation sites excluding steroid dienone is 1. The summed E-state index contributed by atoms with van der Waals surface area (Å²) < 4.78 is 0. The van der Waals surface area contributed by atoms with Crippen molar-refractivity contribution >= 4 is 17.0 Å². The summed E-state index contributed by atoms with van der Waals surface area (Å²) in [5.41, 5.74) is 1.98. The van der Waals surface area contributed by atoms with Crippen molar-refractivity contribution in [2.45, 2.75) is 20.3 Å². The van der Waals surface area contributed by atoms with Gasteiger partial charge in [-0.05, 0) is 29.7 Å². The third kappa shape index (κ3) is 3.37. The van der Waals surface area contributed by atoms with Crippen LogP contribution in [-0.4, -0.2) is 9.91 Å². The molecule has 4 heteroatoms. The molecule has 0 saturated heterocycles. The Bertz CT molecular complexity index is 633. The van der Waals surface area contributed by atoms with Gasteiger partial charge in [-0.25, -0.2) is 0 Å². The molecule has 0 aliphatic rings. The highest BCUT2D eigenvalue weighted by atomic mass is 16.6. The van der Waals surface area contributed by atoms with Crippen molar-refractivity contribution in [2.24, 2.45) is 5.92 Å². The summed E-state index contributed by atoms with van der Waals surface area (Å²) in [6.45, 7) is 3.95. The Morgan fingerprint density at radius 1 is 1.42 bits per heavy atom. The van der Waals surface area contributed by atoms with E-state index in [0.29, 0.717) is 6.42 Å². The summed E-state index contributed by atoms with van der Waals surface area (Å²) >= 11 is 0. The van der Waals surface area contributed by atoms with Crippen LogP contribution in [0, 0.1) is 16.0 Å². The number of hydrogen-bond donors (Lipinski definition) is 0. The van der Waals surface area contributed by atoms with Gasteiger partial charge in [-0.2, -0.15) is 0 Å². The fourth-order valence-electron chi connectivity index (χ4n) is 1.98. The van der Waals surface area contributed by atoms with Crippen molar-refractivity contribution in [2.75, 3.05) is 0 Å². The van der Waals surface area contributed by atoms with E-state index in [2.05, 4.69) is 4.98 Å². The average molecular weight is 256 g/mol. The quantitative estimate of drug-likeness (QED) is 0.615. The molecule has 19 heavy (non-hydrogen) atoms. The molecule has 0 bridgehead atoms. The van der Waals surface area contributed by atoms with E-state index in [-0.39, 0.29) is 16.5 Å². The second kappa shape index (κ2) is 5.61. The molecule has 0 atom stereocenters. The molecule has 2 rings (SSSR count). The van der Waals surface area contributed by atoms with Gasteiger partial charge in [-0.1, -0.05) is 26.0 Å². The van der Waals surface area contributed by atoms with E-state index in [1.54, 1.807) is 12.3 Å². The van der Waals surface area contributed by atoms with Gasteiger partial charge in [-0.3, -0.25) is 15.1 Å². The van der Waals surface area contributed by atoms with Crippen LogP contribution in [0.15, 0.2) is 42.2 Å². The Morgan fingerprint density at radius 3 is 2.89 bits per heavy atom. The fraction of sp³-hybridized carbons (Fsp3) is 0.267. The summed E-state index contributed by atoms with van der Waals surface area (Å²) in [6.07, 6.45) is 3.85.